The third-order valence-electron chi connectivity index (χ3n) is 2.50. The smallest absolute Gasteiger partial charge is 0.0483 e. The van der Waals surface area contributed by atoms with Gasteiger partial charge >= 0.3 is 0 Å². The second kappa shape index (κ2) is 3.91. The maximum atomic E-state index is 5.67. The fourth-order valence-corrected chi connectivity index (χ4v) is 1.65. The first kappa shape index (κ1) is 9.99. The summed E-state index contributed by atoms with van der Waals surface area (Å²) in [7, 11) is 2.06. The van der Waals surface area contributed by atoms with Crippen molar-refractivity contribution in [3.05, 3.63) is 42.1 Å². The fraction of sp³-hybridized carbons (Fsp3) is 0.231. The van der Waals surface area contributed by atoms with Crippen LogP contribution in [0.2, 0.25) is 0 Å². The number of aryl methyl sites for hydroxylation is 1. The van der Waals surface area contributed by atoms with E-state index in [1.165, 1.54) is 16.5 Å². The quantitative estimate of drug-likeness (QED) is 0.793. The van der Waals surface area contributed by atoms with E-state index in [9.17, 15) is 0 Å². The largest absolute Gasteiger partial charge is 0.351 e. The number of fused-ring (bicyclic) bond motifs is 1. The maximum absolute atomic E-state index is 5.67. The van der Waals surface area contributed by atoms with E-state index in [1.54, 1.807) is 0 Å². The summed E-state index contributed by atoms with van der Waals surface area (Å²) in [5, 5.41) is 1.27. The summed E-state index contributed by atoms with van der Waals surface area (Å²) in [6.45, 7) is 1.97. The number of rotatable bonds is 2. The highest BCUT2D eigenvalue weighted by molar-refractivity contribution is 5.82. The Morgan fingerprint density at radius 3 is 2.87 bits per heavy atom. The molecule has 2 nitrogen and oxygen atoms in total. The van der Waals surface area contributed by atoms with Gasteiger partial charge in [-0.25, -0.2) is 0 Å². The van der Waals surface area contributed by atoms with Gasteiger partial charge in [-0.05, 0) is 30.0 Å². The predicted molar refractivity (Wildman–Crippen MR) is 65.6 cm³/mol. The SMILES string of the molecule is CC(N)/C=C/c1ccc2ccn(C)c2c1. The van der Waals surface area contributed by atoms with Crippen LogP contribution in [0.25, 0.3) is 17.0 Å². The Labute approximate surface area is 90.0 Å². The molecule has 2 rings (SSSR count). The zero-order valence-corrected chi connectivity index (χ0v) is 9.14. The van der Waals surface area contributed by atoms with Crippen LogP contribution >= 0.6 is 0 Å². The lowest BCUT2D eigenvalue weighted by atomic mass is 10.1. The number of hydrogen-bond donors (Lipinski definition) is 1. The molecule has 1 aromatic heterocycles. The topological polar surface area (TPSA) is 30.9 Å². The van der Waals surface area contributed by atoms with Crippen LogP contribution in [0.3, 0.4) is 0 Å². The van der Waals surface area contributed by atoms with Gasteiger partial charge in [0.05, 0.1) is 0 Å². The summed E-state index contributed by atoms with van der Waals surface area (Å²) in [4.78, 5) is 0. The first-order valence-corrected chi connectivity index (χ1v) is 5.16. The molecule has 1 unspecified atom stereocenters. The second-order valence-corrected chi connectivity index (χ2v) is 3.96. The van der Waals surface area contributed by atoms with E-state index in [4.69, 9.17) is 5.73 Å². The average molecular weight is 200 g/mol. The third kappa shape index (κ3) is 2.10. The Hall–Kier alpha value is -1.54. The lowest BCUT2D eigenvalue weighted by Gasteiger charge is -1.99. The van der Waals surface area contributed by atoms with Crippen molar-refractivity contribution in [2.45, 2.75) is 13.0 Å². The Kier molecular flexibility index (Phi) is 2.60. The van der Waals surface area contributed by atoms with Gasteiger partial charge in [0.1, 0.15) is 0 Å². The molecule has 2 N–H and O–H groups in total. The molecule has 0 radical (unpaired) electrons. The zero-order chi connectivity index (χ0) is 10.8. The van der Waals surface area contributed by atoms with Gasteiger partial charge in [-0.2, -0.15) is 0 Å². The van der Waals surface area contributed by atoms with Gasteiger partial charge in [0.15, 0.2) is 0 Å². The highest BCUT2D eigenvalue weighted by Gasteiger charge is 1.97. The van der Waals surface area contributed by atoms with E-state index in [0.717, 1.165) is 0 Å². The number of aromatic nitrogens is 1. The molecule has 0 aliphatic heterocycles. The Morgan fingerprint density at radius 1 is 1.33 bits per heavy atom. The lowest BCUT2D eigenvalue weighted by molar-refractivity contribution is 0.931. The van der Waals surface area contributed by atoms with Crippen molar-refractivity contribution < 1.29 is 0 Å². The first-order valence-electron chi connectivity index (χ1n) is 5.16. The molecule has 0 saturated heterocycles. The van der Waals surface area contributed by atoms with Crippen molar-refractivity contribution in [3.8, 4) is 0 Å². The van der Waals surface area contributed by atoms with Gasteiger partial charge in [0, 0.05) is 24.8 Å². The molecule has 2 heteroatoms. The van der Waals surface area contributed by atoms with E-state index in [2.05, 4.69) is 48.2 Å². The van der Waals surface area contributed by atoms with Crippen molar-refractivity contribution in [3.63, 3.8) is 0 Å². The number of nitrogens with two attached hydrogens (primary N) is 1. The summed E-state index contributed by atoms with van der Waals surface area (Å²) < 4.78 is 2.12. The predicted octanol–water partition coefficient (Wildman–Crippen LogP) is 2.54. The minimum Gasteiger partial charge on any atom is -0.351 e. The van der Waals surface area contributed by atoms with Crippen molar-refractivity contribution in [2.75, 3.05) is 0 Å². The van der Waals surface area contributed by atoms with Crippen LogP contribution in [-0.4, -0.2) is 10.6 Å². The van der Waals surface area contributed by atoms with Crippen LogP contribution in [-0.2, 0) is 7.05 Å². The molecule has 0 fully saturated rings. The normalized spacial score (nSPS) is 13.8. The van der Waals surface area contributed by atoms with Gasteiger partial charge in [0.25, 0.3) is 0 Å². The highest BCUT2D eigenvalue weighted by Crippen LogP contribution is 2.17. The zero-order valence-electron chi connectivity index (χ0n) is 9.14. The summed E-state index contributed by atoms with van der Waals surface area (Å²) in [5.74, 6) is 0. The van der Waals surface area contributed by atoms with Crippen LogP contribution in [0.1, 0.15) is 12.5 Å². The van der Waals surface area contributed by atoms with E-state index >= 15 is 0 Å². The van der Waals surface area contributed by atoms with E-state index in [0.29, 0.717) is 0 Å². The molecule has 0 aliphatic carbocycles. The van der Waals surface area contributed by atoms with Crippen LogP contribution in [0.5, 0.6) is 0 Å². The molecule has 2 aromatic rings. The van der Waals surface area contributed by atoms with Crippen molar-refractivity contribution in [2.24, 2.45) is 12.8 Å². The fourth-order valence-electron chi connectivity index (χ4n) is 1.65. The van der Waals surface area contributed by atoms with Gasteiger partial charge in [-0.15, -0.1) is 0 Å². The number of hydrogen-bond acceptors (Lipinski definition) is 1. The first-order chi connectivity index (χ1) is 7.16. The molecule has 15 heavy (non-hydrogen) atoms. The van der Waals surface area contributed by atoms with E-state index in [1.807, 2.05) is 13.0 Å². The molecule has 0 spiro atoms. The van der Waals surface area contributed by atoms with Gasteiger partial charge in [0.2, 0.25) is 0 Å². The Morgan fingerprint density at radius 2 is 2.13 bits per heavy atom. The number of benzene rings is 1. The maximum Gasteiger partial charge on any atom is 0.0483 e. The molecular weight excluding hydrogens is 184 g/mol. The molecule has 1 atom stereocenters. The van der Waals surface area contributed by atoms with Crippen molar-refractivity contribution in [1.82, 2.24) is 4.57 Å². The van der Waals surface area contributed by atoms with Crippen LogP contribution in [0.15, 0.2) is 36.5 Å². The van der Waals surface area contributed by atoms with Crippen LogP contribution < -0.4 is 5.73 Å². The molecule has 0 aliphatic rings. The average Bonchev–Trinajstić information content (AvgIpc) is 2.57. The van der Waals surface area contributed by atoms with Crippen molar-refractivity contribution >= 4 is 17.0 Å². The minimum absolute atomic E-state index is 0.106. The Balaban J connectivity index is 2.41. The van der Waals surface area contributed by atoms with Crippen molar-refractivity contribution in [1.29, 1.82) is 0 Å². The summed E-state index contributed by atoms with van der Waals surface area (Å²) in [5.41, 5.74) is 8.12. The molecule has 0 amide bonds. The third-order valence-corrected chi connectivity index (χ3v) is 2.50. The Bertz CT molecular complexity index is 492. The molecule has 1 aromatic carbocycles. The summed E-state index contributed by atoms with van der Waals surface area (Å²) >= 11 is 0. The number of nitrogens with zero attached hydrogens (tertiary/aromatic N) is 1. The summed E-state index contributed by atoms with van der Waals surface area (Å²) in [6.07, 6.45) is 6.14. The summed E-state index contributed by atoms with van der Waals surface area (Å²) in [6, 6.07) is 8.65. The lowest BCUT2D eigenvalue weighted by Crippen LogP contribution is -2.09. The molecule has 1 heterocycles. The van der Waals surface area contributed by atoms with E-state index < -0.39 is 0 Å². The molecule has 0 bridgehead atoms. The second-order valence-electron chi connectivity index (χ2n) is 3.96. The minimum atomic E-state index is 0.106. The van der Waals surface area contributed by atoms with Gasteiger partial charge in [-0.3, -0.25) is 0 Å². The molecular formula is C13H16N2. The standard InChI is InChI=1S/C13H16N2/c1-10(14)3-4-11-5-6-12-7-8-15(2)13(12)9-11/h3-10H,14H2,1-2H3/b4-3+. The highest BCUT2D eigenvalue weighted by atomic mass is 14.9. The van der Waals surface area contributed by atoms with Crippen LogP contribution in [0.4, 0.5) is 0 Å². The van der Waals surface area contributed by atoms with Crippen LogP contribution in [0, 0.1) is 0 Å². The van der Waals surface area contributed by atoms with Gasteiger partial charge < -0.3 is 10.3 Å². The van der Waals surface area contributed by atoms with Gasteiger partial charge in [-0.1, -0.05) is 24.3 Å². The monoisotopic (exact) mass is 200 g/mol. The molecule has 78 valence electrons. The molecule has 0 saturated carbocycles. The van der Waals surface area contributed by atoms with E-state index in [-0.39, 0.29) is 6.04 Å².